The molecule has 1 N–H and O–H groups in total. The summed E-state index contributed by atoms with van der Waals surface area (Å²) in [5, 5.41) is 8.65. The summed E-state index contributed by atoms with van der Waals surface area (Å²) < 4.78 is 10.8. The Morgan fingerprint density at radius 3 is 1.67 bits per heavy atom. The van der Waals surface area contributed by atoms with Gasteiger partial charge < -0.3 is 14.6 Å². The van der Waals surface area contributed by atoms with Crippen molar-refractivity contribution in [1.82, 2.24) is 4.90 Å². The Morgan fingerprint density at radius 2 is 1.17 bits per heavy atom. The van der Waals surface area contributed by atoms with E-state index in [0.717, 1.165) is 19.6 Å². The molecule has 2 aromatic carbocycles. The smallest absolute Gasteiger partial charge is 0.0701 e. The van der Waals surface area contributed by atoms with Crippen molar-refractivity contribution < 1.29 is 14.6 Å². The molecule has 0 aliphatic carbocycles. The van der Waals surface area contributed by atoms with Crippen LogP contribution in [-0.4, -0.2) is 49.6 Å². The van der Waals surface area contributed by atoms with Gasteiger partial charge in [0.15, 0.2) is 0 Å². The van der Waals surface area contributed by atoms with Crippen LogP contribution in [0.15, 0.2) is 60.7 Å². The Kier molecular flexibility index (Phi) is 9.12. The molecule has 4 nitrogen and oxygen atoms in total. The maximum absolute atomic E-state index is 8.65. The zero-order chi connectivity index (χ0) is 16.9. The minimum absolute atomic E-state index is 0.0575. The largest absolute Gasteiger partial charge is 0.394 e. The summed E-state index contributed by atoms with van der Waals surface area (Å²) in [4.78, 5) is 2.39. The van der Waals surface area contributed by atoms with Gasteiger partial charge in [-0.05, 0) is 11.1 Å². The molecule has 0 atom stereocenters. The average Bonchev–Trinajstić information content (AvgIpc) is 2.62. The molecule has 0 fully saturated rings. The van der Waals surface area contributed by atoms with Gasteiger partial charge in [0.2, 0.25) is 0 Å². The Labute approximate surface area is 144 Å². The van der Waals surface area contributed by atoms with E-state index in [1.807, 2.05) is 12.1 Å². The molecule has 0 amide bonds. The first kappa shape index (κ1) is 18.6. The van der Waals surface area contributed by atoms with Crippen molar-refractivity contribution in [3.05, 3.63) is 71.8 Å². The molecular formula is C20H27NO3. The van der Waals surface area contributed by atoms with E-state index in [4.69, 9.17) is 14.6 Å². The SMILES string of the molecule is OCCOCCOCCN(Cc1ccccc1)Cc1ccccc1. The third-order valence-corrected chi connectivity index (χ3v) is 3.66. The van der Waals surface area contributed by atoms with Crippen LogP contribution in [0.2, 0.25) is 0 Å². The Balaban J connectivity index is 1.79. The molecule has 0 aliphatic heterocycles. The summed E-state index contributed by atoms with van der Waals surface area (Å²) in [6.45, 7) is 4.86. The van der Waals surface area contributed by atoms with Gasteiger partial charge in [0, 0.05) is 19.6 Å². The van der Waals surface area contributed by atoms with Crippen LogP contribution in [0.1, 0.15) is 11.1 Å². The van der Waals surface area contributed by atoms with Crippen molar-refractivity contribution in [2.45, 2.75) is 13.1 Å². The molecule has 0 saturated heterocycles. The van der Waals surface area contributed by atoms with Crippen molar-refractivity contribution in [3.8, 4) is 0 Å². The van der Waals surface area contributed by atoms with Gasteiger partial charge in [-0.2, -0.15) is 0 Å². The van der Waals surface area contributed by atoms with Gasteiger partial charge in [0.25, 0.3) is 0 Å². The number of aliphatic hydroxyl groups is 1. The highest BCUT2D eigenvalue weighted by molar-refractivity contribution is 5.17. The zero-order valence-corrected chi connectivity index (χ0v) is 14.1. The van der Waals surface area contributed by atoms with Crippen LogP contribution in [0.3, 0.4) is 0 Å². The third kappa shape index (κ3) is 7.70. The molecule has 0 radical (unpaired) electrons. The second-order valence-electron chi connectivity index (χ2n) is 5.63. The second-order valence-corrected chi connectivity index (χ2v) is 5.63. The van der Waals surface area contributed by atoms with Crippen molar-refractivity contribution in [2.75, 3.05) is 39.6 Å². The topological polar surface area (TPSA) is 41.9 Å². The zero-order valence-electron chi connectivity index (χ0n) is 14.1. The van der Waals surface area contributed by atoms with Crippen LogP contribution in [0.5, 0.6) is 0 Å². The normalized spacial score (nSPS) is 11.1. The van der Waals surface area contributed by atoms with Crippen LogP contribution < -0.4 is 0 Å². The minimum atomic E-state index is 0.0575. The summed E-state index contributed by atoms with van der Waals surface area (Å²) >= 11 is 0. The Bertz CT molecular complexity index is 492. The first-order valence-corrected chi connectivity index (χ1v) is 8.45. The molecule has 0 spiro atoms. The van der Waals surface area contributed by atoms with Gasteiger partial charge >= 0.3 is 0 Å². The Hall–Kier alpha value is -1.72. The number of hydrogen-bond donors (Lipinski definition) is 1. The number of aliphatic hydroxyl groups excluding tert-OH is 1. The van der Waals surface area contributed by atoms with E-state index in [9.17, 15) is 0 Å². The molecule has 4 heteroatoms. The Morgan fingerprint density at radius 1 is 0.667 bits per heavy atom. The van der Waals surface area contributed by atoms with Crippen molar-refractivity contribution in [2.24, 2.45) is 0 Å². The maximum atomic E-state index is 8.65. The number of nitrogens with zero attached hydrogens (tertiary/aromatic N) is 1. The molecule has 2 rings (SSSR count). The molecule has 0 aromatic heterocycles. The minimum Gasteiger partial charge on any atom is -0.394 e. The van der Waals surface area contributed by atoms with Crippen molar-refractivity contribution in [3.63, 3.8) is 0 Å². The lowest BCUT2D eigenvalue weighted by Crippen LogP contribution is -2.27. The van der Waals surface area contributed by atoms with E-state index in [0.29, 0.717) is 26.4 Å². The average molecular weight is 329 g/mol. The van der Waals surface area contributed by atoms with Crippen LogP contribution >= 0.6 is 0 Å². The summed E-state index contributed by atoms with van der Waals surface area (Å²) in [6.07, 6.45) is 0. The van der Waals surface area contributed by atoms with E-state index >= 15 is 0 Å². The van der Waals surface area contributed by atoms with E-state index in [2.05, 4.69) is 53.4 Å². The van der Waals surface area contributed by atoms with E-state index in [1.54, 1.807) is 0 Å². The standard InChI is InChI=1S/C20H27NO3/c22-12-14-24-16-15-23-13-11-21(17-19-7-3-1-4-8-19)18-20-9-5-2-6-10-20/h1-10,22H,11-18H2. The van der Waals surface area contributed by atoms with Gasteiger partial charge in [-0.15, -0.1) is 0 Å². The van der Waals surface area contributed by atoms with Crippen LogP contribution in [-0.2, 0) is 22.6 Å². The van der Waals surface area contributed by atoms with Crippen molar-refractivity contribution in [1.29, 1.82) is 0 Å². The molecule has 0 unspecified atom stereocenters. The van der Waals surface area contributed by atoms with Gasteiger partial charge in [-0.3, -0.25) is 4.90 Å². The molecule has 0 heterocycles. The number of ether oxygens (including phenoxy) is 2. The summed E-state index contributed by atoms with van der Waals surface area (Å²) in [7, 11) is 0. The van der Waals surface area contributed by atoms with E-state index < -0.39 is 0 Å². The highest BCUT2D eigenvalue weighted by atomic mass is 16.5. The van der Waals surface area contributed by atoms with Crippen LogP contribution in [0, 0.1) is 0 Å². The molecule has 0 saturated carbocycles. The quantitative estimate of drug-likeness (QED) is 0.608. The fourth-order valence-corrected chi connectivity index (χ4v) is 2.48. The maximum Gasteiger partial charge on any atom is 0.0701 e. The first-order valence-electron chi connectivity index (χ1n) is 8.45. The summed E-state index contributed by atoms with van der Waals surface area (Å²) in [5.74, 6) is 0. The fourth-order valence-electron chi connectivity index (χ4n) is 2.48. The first-order chi connectivity index (χ1) is 11.9. The monoisotopic (exact) mass is 329 g/mol. The molecule has 0 bridgehead atoms. The van der Waals surface area contributed by atoms with Crippen LogP contribution in [0.25, 0.3) is 0 Å². The lowest BCUT2D eigenvalue weighted by Gasteiger charge is -2.22. The van der Waals surface area contributed by atoms with Crippen LogP contribution in [0.4, 0.5) is 0 Å². The van der Waals surface area contributed by atoms with Gasteiger partial charge in [-0.1, -0.05) is 60.7 Å². The van der Waals surface area contributed by atoms with E-state index in [1.165, 1.54) is 11.1 Å². The van der Waals surface area contributed by atoms with Crippen molar-refractivity contribution >= 4 is 0 Å². The van der Waals surface area contributed by atoms with Gasteiger partial charge in [0.05, 0.1) is 33.0 Å². The summed E-state index contributed by atoms with van der Waals surface area (Å²) in [5.41, 5.74) is 2.61. The highest BCUT2D eigenvalue weighted by Crippen LogP contribution is 2.09. The molecule has 0 aliphatic rings. The molecule has 130 valence electrons. The fraction of sp³-hybridized carbons (Fsp3) is 0.400. The number of rotatable bonds is 12. The lowest BCUT2D eigenvalue weighted by atomic mass is 10.1. The molecular weight excluding hydrogens is 302 g/mol. The molecule has 2 aromatic rings. The lowest BCUT2D eigenvalue weighted by molar-refractivity contribution is 0.0252. The summed E-state index contributed by atoms with van der Waals surface area (Å²) in [6, 6.07) is 21.0. The highest BCUT2D eigenvalue weighted by Gasteiger charge is 2.07. The number of benzene rings is 2. The third-order valence-electron chi connectivity index (χ3n) is 3.66. The predicted octanol–water partition coefficient (Wildman–Crippen LogP) is 2.71. The molecule has 24 heavy (non-hydrogen) atoms. The van der Waals surface area contributed by atoms with E-state index in [-0.39, 0.29) is 6.61 Å². The second kappa shape index (κ2) is 11.8. The van der Waals surface area contributed by atoms with Gasteiger partial charge in [-0.25, -0.2) is 0 Å². The van der Waals surface area contributed by atoms with Gasteiger partial charge in [0.1, 0.15) is 0 Å². The number of hydrogen-bond acceptors (Lipinski definition) is 4. The predicted molar refractivity (Wildman–Crippen MR) is 95.7 cm³/mol.